The van der Waals surface area contributed by atoms with Crippen LogP contribution in [0.3, 0.4) is 0 Å². The first-order valence-corrected chi connectivity index (χ1v) is 5.86. The summed E-state index contributed by atoms with van der Waals surface area (Å²) in [7, 11) is 3.61. The van der Waals surface area contributed by atoms with E-state index in [1.165, 1.54) is 0 Å². The van der Waals surface area contributed by atoms with Gasteiger partial charge in [0.2, 0.25) is 5.91 Å². The van der Waals surface area contributed by atoms with Crippen molar-refractivity contribution in [2.75, 3.05) is 20.6 Å². The Kier molecular flexibility index (Phi) is 4.34. The second kappa shape index (κ2) is 5.36. The molecule has 0 radical (unpaired) electrons. The molecule has 0 saturated heterocycles. The second-order valence-electron chi connectivity index (χ2n) is 4.86. The van der Waals surface area contributed by atoms with E-state index in [0.717, 1.165) is 17.9 Å². The van der Waals surface area contributed by atoms with Gasteiger partial charge in [-0.3, -0.25) is 4.79 Å². The molecule has 4 heteroatoms. The summed E-state index contributed by atoms with van der Waals surface area (Å²) in [5.74, 6) is 1.91. The Balaban J connectivity index is 2.50. The monoisotopic (exact) mass is 238 g/mol. The molecule has 0 aliphatic heterocycles. The predicted molar refractivity (Wildman–Crippen MR) is 67.9 cm³/mol. The van der Waals surface area contributed by atoms with Crippen molar-refractivity contribution in [3.8, 4) is 0 Å². The molecule has 0 atom stereocenters. The maximum absolute atomic E-state index is 12.1. The van der Waals surface area contributed by atoms with Crippen molar-refractivity contribution < 1.29 is 9.21 Å². The zero-order valence-corrected chi connectivity index (χ0v) is 11.3. The fourth-order valence-electron chi connectivity index (χ4n) is 1.58. The van der Waals surface area contributed by atoms with Crippen LogP contribution in [0.2, 0.25) is 0 Å². The van der Waals surface area contributed by atoms with Gasteiger partial charge in [-0.2, -0.15) is 0 Å². The highest BCUT2D eigenvalue weighted by atomic mass is 16.3. The molecule has 0 aliphatic rings. The lowest BCUT2D eigenvalue weighted by atomic mass is 10.0. The van der Waals surface area contributed by atoms with Gasteiger partial charge < -0.3 is 14.6 Å². The summed E-state index contributed by atoms with van der Waals surface area (Å²) in [6.45, 7) is 6.34. The summed E-state index contributed by atoms with van der Waals surface area (Å²) in [6, 6.07) is 3.89. The molecule has 1 N–H and O–H groups in total. The minimum absolute atomic E-state index is 0.0864. The Morgan fingerprint density at radius 2 is 2.12 bits per heavy atom. The minimum atomic E-state index is -0.520. The number of likely N-dealkylation sites (N-methyl/N-ethyl adjacent to an activating group) is 2. The van der Waals surface area contributed by atoms with Crippen molar-refractivity contribution in [2.24, 2.45) is 0 Å². The third-order valence-electron chi connectivity index (χ3n) is 3.00. The van der Waals surface area contributed by atoms with E-state index in [1.54, 1.807) is 11.9 Å². The molecule has 0 fully saturated rings. The van der Waals surface area contributed by atoms with Crippen LogP contribution in [0, 0.1) is 6.92 Å². The summed E-state index contributed by atoms with van der Waals surface area (Å²) in [5, 5.41) is 3.01. The maximum atomic E-state index is 12.1. The molecule has 96 valence electrons. The van der Waals surface area contributed by atoms with E-state index in [2.05, 4.69) is 5.32 Å². The molecule has 0 unspecified atom stereocenters. The number of furan rings is 1. The highest BCUT2D eigenvalue weighted by molar-refractivity contribution is 5.85. The van der Waals surface area contributed by atoms with Crippen LogP contribution in [0.25, 0.3) is 0 Å². The average molecular weight is 238 g/mol. The van der Waals surface area contributed by atoms with Crippen LogP contribution in [0.15, 0.2) is 16.5 Å². The van der Waals surface area contributed by atoms with Crippen LogP contribution < -0.4 is 5.32 Å². The van der Waals surface area contributed by atoms with Crippen molar-refractivity contribution in [3.63, 3.8) is 0 Å². The van der Waals surface area contributed by atoms with E-state index in [-0.39, 0.29) is 5.91 Å². The van der Waals surface area contributed by atoms with Crippen LogP contribution in [-0.2, 0) is 11.2 Å². The summed E-state index contributed by atoms with van der Waals surface area (Å²) >= 11 is 0. The molecule has 1 amide bonds. The van der Waals surface area contributed by atoms with Gasteiger partial charge in [0.1, 0.15) is 11.5 Å². The number of nitrogens with zero attached hydrogens (tertiary/aromatic N) is 1. The number of hydrogen-bond donors (Lipinski definition) is 1. The van der Waals surface area contributed by atoms with Gasteiger partial charge in [-0.15, -0.1) is 0 Å². The van der Waals surface area contributed by atoms with Crippen molar-refractivity contribution in [2.45, 2.75) is 32.7 Å². The van der Waals surface area contributed by atoms with Crippen LogP contribution >= 0.6 is 0 Å². The average Bonchev–Trinajstić information content (AvgIpc) is 2.71. The summed E-state index contributed by atoms with van der Waals surface area (Å²) in [4.78, 5) is 13.8. The summed E-state index contributed by atoms with van der Waals surface area (Å²) < 4.78 is 5.47. The Labute approximate surface area is 103 Å². The third-order valence-corrected chi connectivity index (χ3v) is 3.00. The minimum Gasteiger partial charge on any atom is -0.466 e. The van der Waals surface area contributed by atoms with Crippen LogP contribution in [0.4, 0.5) is 0 Å². The zero-order chi connectivity index (χ0) is 13.1. The first kappa shape index (κ1) is 13.8. The number of nitrogens with one attached hydrogen (secondary N) is 1. The molecule has 1 aromatic heterocycles. The molecular formula is C13H22N2O2. The SMILES string of the molecule is CNC(C)(C)C(=O)N(C)CCc1ccc(C)o1. The first-order valence-electron chi connectivity index (χ1n) is 5.86. The number of aryl methyl sites for hydroxylation is 1. The molecule has 0 spiro atoms. The Morgan fingerprint density at radius 3 is 2.59 bits per heavy atom. The van der Waals surface area contributed by atoms with Gasteiger partial charge in [0, 0.05) is 20.0 Å². The van der Waals surface area contributed by atoms with Crippen molar-refractivity contribution >= 4 is 5.91 Å². The van der Waals surface area contributed by atoms with Gasteiger partial charge in [0.05, 0.1) is 5.54 Å². The summed E-state index contributed by atoms with van der Waals surface area (Å²) in [6.07, 6.45) is 0.746. The van der Waals surface area contributed by atoms with E-state index in [0.29, 0.717) is 6.54 Å². The highest BCUT2D eigenvalue weighted by Crippen LogP contribution is 2.10. The number of carbonyl (C=O) groups excluding carboxylic acids is 1. The van der Waals surface area contributed by atoms with E-state index >= 15 is 0 Å². The topological polar surface area (TPSA) is 45.5 Å². The predicted octanol–water partition coefficient (Wildman–Crippen LogP) is 1.59. The van der Waals surface area contributed by atoms with Crippen LogP contribution in [0.1, 0.15) is 25.4 Å². The lowest BCUT2D eigenvalue weighted by Gasteiger charge is -2.28. The molecule has 17 heavy (non-hydrogen) atoms. The van der Waals surface area contributed by atoms with E-state index in [9.17, 15) is 4.79 Å². The van der Waals surface area contributed by atoms with Crippen molar-refractivity contribution in [3.05, 3.63) is 23.7 Å². The Morgan fingerprint density at radius 1 is 1.47 bits per heavy atom. The van der Waals surface area contributed by atoms with Crippen LogP contribution in [0.5, 0.6) is 0 Å². The van der Waals surface area contributed by atoms with Crippen LogP contribution in [-0.4, -0.2) is 37.0 Å². The number of amides is 1. The van der Waals surface area contributed by atoms with Gasteiger partial charge in [-0.1, -0.05) is 0 Å². The van der Waals surface area contributed by atoms with E-state index in [1.807, 2.05) is 40.0 Å². The second-order valence-corrected chi connectivity index (χ2v) is 4.86. The number of hydrogen-bond acceptors (Lipinski definition) is 3. The van der Waals surface area contributed by atoms with Crippen molar-refractivity contribution in [1.29, 1.82) is 0 Å². The fourth-order valence-corrected chi connectivity index (χ4v) is 1.58. The van der Waals surface area contributed by atoms with Gasteiger partial charge in [-0.05, 0) is 40.0 Å². The van der Waals surface area contributed by atoms with Gasteiger partial charge in [0.25, 0.3) is 0 Å². The first-order chi connectivity index (χ1) is 7.86. The summed E-state index contributed by atoms with van der Waals surface area (Å²) in [5.41, 5.74) is -0.520. The molecule has 1 heterocycles. The smallest absolute Gasteiger partial charge is 0.242 e. The van der Waals surface area contributed by atoms with Gasteiger partial charge in [-0.25, -0.2) is 0 Å². The normalized spacial score (nSPS) is 11.6. The standard InChI is InChI=1S/C13H22N2O2/c1-10-6-7-11(17-10)8-9-15(5)12(16)13(2,3)14-4/h6-7,14H,8-9H2,1-5H3. The molecule has 0 saturated carbocycles. The number of carbonyl (C=O) groups is 1. The van der Waals surface area contributed by atoms with E-state index in [4.69, 9.17) is 4.42 Å². The molecule has 4 nitrogen and oxygen atoms in total. The molecule has 1 rings (SSSR count). The molecular weight excluding hydrogens is 216 g/mol. The lowest BCUT2D eigenvalue weighted by Crippen LogP contribution is -2.51. The maximum Gasteiger partial charge on any atom is 0.242 e. The number of rotatable bonds is 5. The molecule has 0 bridgehead atoms. The van der Waals surface area contributed by atoms with Crippen molar-refractivity contribution in [1.82, 2.24) is 10.2 Å². The largest absolute Gasteiger partial charge is 0.466 e. The molecule has 0 aromatic carbocycles. The van der Waals surface area contributed by atoms with Gasteiger partial charge in [0.15, 0.2) is 0 Å². The third kappa shape index (κ3) is 3.60. The highest BCUT2D eigenvalue weighted by Gasteiger charge is 2.28. The lowest BCUT2D eigenvalue weighted by molar-refractivity contribution is -0.135. The zero-order valence-electron chi connectivity index (χ0n) is 11.3. The Hall–Kier alpha value is -1.29. The molecule has 0 aliphatic carbocycles. The van der Waals surface area contributed by atoms with Gasteiger partial charge >= 0.3 is 0 Å². The Bertz CT molecular complexity index is 383. The quantitative estimate of drug-likeness (QED) is 0.847. The fraction of sp³-hybridized carbons (Fsp3) is 0.615. The molecule has 1 aromatic rings. The van der Waals surface area contributed by atoms with E-state index < -0.39 is 5.54 Å².